The summed E-state index contributed by atoms with van der Waals surface area (Å²) >= 11 is 0. The lowest BCUT2D eigenvalue weighted by Crippen LogP contribution is -2.67. The molecule has 4 rings (SSSR count). The summed E-state index contributed by atoms with van der Waals surface area (Å²) in [4.78, 5) is 14.9. The zero-order chi connectivity index (χ0) is 16.4. The van der Waals surface area contributed by atoms with Crippen LogP contribution >= 0.6 is 0 Å². The molecule has 0 unspecified atom stereocenters. The van der Waals surface area contributed by atoms with Crippen molar-refractivity contribution >= 4 is 11.6 Å². The van der Waals surface area contributed by atoms with E-state index in [4.69, 9.17) is 0 Å². The van der Waals surface area contributed by atoms with E-state index in [1.165, 1.54) is 31.2 Å². The van der Waals surface area contributed by atoms with Gasteiger partial charge in [-0.15, -0.1) is 0 Å². The lowest BCUT2D eigenvalue weighted by molar-refractivity contribution is -0.138. The molecular formula is C21H24N2O. The minimum absolute atomic E-state index is 0.0769. The van der Waals surface area contributed by atoms with Gasteiger partial charge in [-0.1, -0.05) is 61.4 Å². The number of rotatable bonds is 4. The van der Waals surface area contributed by atoms with E-state index < -0.39 is 0 Å². The number of fused-ring (bicyclic) bond motifs is 1. The molecule has 24 heavy (non-hydrogen) atoms. The van der Waals surface area contributed by atoms with Crippen LogP contribution in [0.2, 0.25) is 0 Å². The molecule has 2 aromatic carbocycles. The lowest BCUT2D eigenvalue weighted by atomic mass is 9.62. The minimum Gasteiger partial charge on any atom is -0.325 e. The first-order valence-corrected chi connectivity index (χ1v) is 8.94. The maximum atomic E-state index is 12.5. The van der Waals surface area contributed by atoms with Crippen molar-refractivity contribution in [2.24, 2.45) is 5.92 Å². The van der Waals surface area contributed by atoms with Gasteiger partial charge < -0.3 is 5.32 Å². The number of nitrogens with zero attached hydrogens (tertiary/aromatic N) is 1. The number of amides is 1. The number of benzene rings is 2. The molecule has 1 N–H and O–H groups in total. The fourth-order valence-corrected chi connectivity index (χ4v) is 4.59. The summed E-state index contributed by atoms with van der Waals surface area (Å²) in [5.74, 6) is 0.777. The maximum Gasteiger partial charge on any atom is 0.238 e. The Labute approximate surface area is 143 Å². The summed E-state index contributed by atoms with van der Waals surface area (Å²) in [6, 6.07) is 20.5. The number of para-hydroxylation sites is 1. The Morgan fingerprint density at radius 3 is 2.46 bits per heavy atom. The van der Waals surface area contributed by atoms with Crippen molar-refractivity contribution < 1.29 is 4.79 Å². The van der Waals surface area contributed by atoms with Gasteiger partial charge in [-0.25, -0.2) is 0 Å². The van der Waals surface area contributed by atoms with Gasteiger partial charge >= 0.3 is 0 Å². The quantitative estimate of drug-likeness (QED) is 0.922. The van der Waals surface area contributed by atoms with Crippen LogP contribution in [0.15, 0.2) is 60.7 Å². The maximum absolute atomic E-state index is 12.5. The molecule has 124 valence electrons. The third-order valence-corrected chi connectivity index (χ3v) is 5.71. The lowest BCUT2D eigenvalue weighted by Gasteiger charge is -2.61. The molecule has 2 atom stereocenters. The van der Waals surface area contributed by atoms with E-state index in [2.05, 4.69) is 40.5 Å². The first-order valence-electron chi connectivity index (χ1n) is 8.94. The van der Waals surface area contributed by atoms with Crippen LogP contribution in [-0.4, -0.2) is 23.9 Å². The molecule has 2 aliphatic rings. The van der Waals surface area contributed by atoms with Crippen LogP contribution < -0.4 is 5.32 Å². The molecule has 0 bridgehead atoms. The number of hydrogen-bond acceptors (Lipinski definition) is 2. The summed E-state index contributed by atoms with van der Waals surface area (Å²) in [5, 5.41) is 3.02. The van der Waals surface area contributed by atoms with Crippen LogP contribution in [-0.2, 0) is 10.3 Å². The monoisotopic (exact) mass is 320 g/mol. The number of hydrogen-bond donors (Lipinski definition) is 1. The summed E-state index contributed by atoms with van der Waals surface area (Å²) < 4.78 is 0. The normalized spacial score (nSPS) is 26.2. The number of carbonyl (C=O) groups excluding carboxylic acids is 1. The second-order valence-electron chi connectivity index (χ2n) is 7.03. The topological polar surface area (TPSA) is 32.3 Å². The van der Waals surface area contributed by atoms with Crippen LogP contribution in [0, 0.1) is 5.92 Å². The zero-order valence-corrected chi connectivity index (χ0v) is 13.9. The van der Waals surface area contributed by atoms with E-state index in [-0.39, 0.29) is 11.4 Å². The molecule has 1 heterocycles. The average molecular weight is 320 g/mol. The Morgan fingerprint density at radius 2 is 1.75 bits per heavy atom. The fourth-order valence-electron chi connectivity index (χ4n) is 4.59. The van der Waals surface area contributed by atoms with Gasteiger partial charge in [0.25, 0.3) is 0 Å². The van der Waals surface area contributed by atoms with Crippen molar-refractivity contribution in [2.75, 3.05) is 18.4 Å². The van der Waals surface area contributed by atoms with Gasteiger partial charge in [0.1, 0.15) is 0 Å². The first-order chi connectivity index (χ1) is 11.8. The van der Waals surface area contributed by atoms with Crippen LogP contribution in [0.5, 0.6) is 0 Å². The molecule has 1 aliphatic carbocycles. The predicted molar refractivity (Wildman–Crippen MR) is 96.7 cm³/mol. The zero-order valence-electron chi connectivity index (χ0n) is 13.9. The highest BCUT2D eigenvalue weighted by Gasteiger charge is 2.55. The molecule has 2 fully saturated rings. The Kier molecular flexibility index (Phi) is 4.11. The summed E-state index contributed by atoms with van der Waals surface area (Å²) in [6.45, 7) is 1.51. The third-order valence-electron chi connectivity index (χ3n) is 5.71. The van der Waals surface area contributed by atoms with E-state index in [1.807, 2.05) is 30.3 Å². The van der Waals surface area contributed by atoms with E-state index in [0.29, 0.717) is 12.5 Å². The number of likely N-dealkylation sites (tertiary alicyclic amines) is 1. The number of anilines is 1. The van der Waals surface area contributed by atoms with Gasteiger partial charge in [0.2, 0.25) is 5.91 Å². The van der Waals surface area contributed by atoms with Crippen molar-refractivity contribution in [3.8, 4) is 0 Å². The minimum atomic E-state index is 0.0769. The number of nitrogens with one attached hydrogen (secondary N) is 1. The summed E-state index contributed by atoms with van der Waals surface area (Å²) in [5.41, 5.74) is 2.33. The van der Waals surface area contributed by atoms with Gasteiger partial charge in [-0.3, -0.25) is 9.69 Å². The fraction of sp³-hybridized carbons (Fsp3) is 0.381. The molecule has 0 aromatic heterocycles. The Hall–Kier alpha value is -2.13. The summed E-state index contributed by atoms with van der Waals surface area (Å²) in [7, 11) is 0. The number of carbonyl (C=O) groups is 1. The van der Waals surface area contributed by atoms with Crippen LogP contribution in [0.3, 0.4) is 0 Å². The Morgan fingerprint density at radius 1 is 1.04 bits per heavy atom. The highest BCUT2D eigenvalue weighted by Crippen LogP contribution is 2.53. The average Bonchev–Trinajstić information content (AvgIpc) is 2.61. The molecule has 0 spiro atoms. The smallest absolute Gasteiger partial charge is 0.238 e. The van der Waals surface area contributed by atoms with E-state index in [1.54, 1.807) is 0 Å². The predicted octanol–water partition coefficient (Wildman–Crippen LogP) is 4.03. The second kappa shape index (κ2) is 6.40. The van der Waals surface area contributed by atoms with Crippen molar-refractivity contribution in [3.05, 3.63) is 66.2 Å². The third kappa shape index (κ3) is 2.63. The largest absolute Gasteiger partial charge is 0.325 e. The molecule has 3 nitrogen and oxygen atoms in total. The molecule has 1 amide bonds. The summed E-state index contributed by atoms with van der Waals surface area (Å²) in [6.07, 6.45) is 5.03. The van der Waals surface area contributed by atoms with Crippen molar-refractivity contribution in [2.45, 2.75) is 31.2 Å². The highest BCUT2D eigenvalue weighted by molar-refractivity contribution is 5.92. The van der Waals surface area contributed by atoms with Crippen LogP contribution in [0.1, 0.15) is 31.2 Å². The van der Waals surface area contributed by atoms with Crippen molar-refractivity contribution in [3.63, 3.8) is 0 Å². The van der Waals surface area contributed by atoms with Crippen molar-refractivity contribution in [1.82, 2.24) is 4.90 Å². The van der Waals surface area contributed by atoms with E-state index in [9.17, 15) is 4.79 Å². The van der Waals surface area contributed by atoms with E-state index >= 15 is 0 Å². The van der Waals surface area contributed by atoms with Gasteiger partial charge in [0.05, 0.1) is 12.1 Å². The second-order valence-corrected chi connectivity index (χ2v) is 7.03. The molecule has 1 aliphatic heterocycles. The van der Waals surface area contributed by atoms with Gasteiger partial charge in [-0.2, -0.15) is 0 Å². The van der Waals surface area contributed by atoms with Gasteiger partial charge in [0.15, 0.2) is 0 Å². The highest BCUT2D eigenvalue weighted by atomic mass is 16.2. The molecule has 1 saturated carbocycles. The molecule has 1 saturated heterocycles. The Balaban J connectivity index is 1.51. The molecule has 2 aromatic rings. The van der Waals surface area contributed by atoms with Gasteiger partial charge in [0, 0.05) is 12.2 Å². The van der Waals surface area contributed by atoms with Gasteiger partial charge in [-0.05, 0) is 36.5 Å². The standard InChI is InChI=1S/C21H24N2O/c24-20(22-19-12-5-2-6-13-19)16-23-15-18-11-7-8-14-21(18,23)17-9-3-1-4-10-17/h1-6,9-10,12-13,18H,7-8,11,14-16H2,(H,22,24)/t18-,21-/m1/s1. The molecule has 3 heteroatoms. The van der Waals surface area contributed by atoms with Crippen LogP contribution in [0.4, 0.5) is 5.69 Å². The first kappa shape index (κ1) is 15.4. The van der Waals surface area contributed by atoms with Crippen LogP contribution in [0.25, 0.3) is 0 Å². The SMILES string of the molecule is O=C(CN1C[C@H]2CCCC[C@@]21c1ccccc1)Nc1ccccc1. The Bertz CT molecular complexity index is 700. The van der Waals surface area contributed by atoms with E-state index in [0.717, 1.165) is 12.2 Å². The molecular weight excluding hydrogens is 296 g/mol. The van der Waals surface area contributed by atoms with Crippen molar-refractivity contribution in [1.29, 1.82) is 0 Å². The molecule has 0 radical (unpaired) electrons.